The van der Waals surface area contributed by atoms with Crippen LogP contribution < -0.4 is 5.73 Å². The van der Waals surface area contributed by atoms with Crippen LogP contribution in [0.25, 0.3) is 0 Å². The highest BCUT2D eigenvalue weighted by atomic mass is 16.5. The average Bonchev–Trinajstić information content (AvgIpc) is 2.27. The Morgan fingerprint density at radius 2 is 2.43 bits per heavy atom. The van der Waals surface area contributed by atoms with Gasteiger partial charge in [0.1, 0.15) is 0 Å². The lowest BCUT2D eigenvalue weighted by atomic mass is 10.1. The molecule has 0 radical (unpaired) electrons. The van der Waals surface area contributed by atoms with Crippen molar-refractivity contribution in [2.45, 2.75) is 26.4 Å². The summed E-state index contributed by atoms with van der Waals surface area (Å²) in [6.07, 6.45) is 1.17. The van der Waals surface area contributed by atoms with Gasteiger partial charge in [0.05, 0.1) is 12.7 Å². The third-order valence-electron chi connectivity index (χ3n) is 2.68. The highest BCUT2D eigenvalue weighted by Gasteiger charge is 2.25. The summed E-state index contributed by atoms with van der Waals surface area (Å²) in [5, 5.41) is 0. The third-order valence-corrected chi connectivity index (χ3v) is 2.68. The van der Waals surface area contributed by atoms with Gasteiger partial charge in [-0.05, 0) is 6.42 Å². The van der Waals surface area contributed by atoms with Crippen LogP contribution in [0.2, 0.25) is 0 Å². The van der Waals surface area contributed by atoms with Crippen LogP contribution in [0, 0.1) is 5.92 Å². The molecule has 0 aromatic rings. The van der Waals surface area contributed by atoms with E-state index in [2.05, 4.69) is 6.92 Å². The van der Waals surface area contributed by atoms with Gasteiger partial charge in [0.15, 0.2) is 0 Å². The van der Waals surface area contributed by atoms with Gasteiger partial charge in [0.2, 0.25) is 5.91 Å². The average molecular weight is 200 g/mol. The summed E-state index contributed by atoms with van der Waals surface area (Å²) in [5.74, 6) is 0.0971. The third kappa shape index (κ3) is 2.69. The van der Waals surface area contributed by atoms with Gasteiger partial charge in [-0.15, -0.1) is 0 Å². The normalized spacial score (nSPS) is 24.8. The van der Waals surface area contributed by atoms with E-state index in [4.69, 9.17) is 10.5 Å². The van der Waals surface area contributed by atoms with Gasteiger partial charge in [0.25, 0.3) is 0 Å². The zero-order chi connectivity index (χ0) is 10.6. The topological polar surface area (TPSA) is 55.6 Å². The van der Waals surface area contributed by atoms with Crippen LogP contribution in [0.5, 0.6) is 0 Å². The van der Waals surface area contributed by atoms with Crippen molar-refractivity contribution < 1.29 is 9.53 Å². The fourth-order valence-corrected chi connectivity index (χ4v) is 1.58. The predicted octanol–water partition coefficient (Wildman–Crippen LogP) is 0.219. The van der Waals surface area contributed by atoms with Gasteiger partial charge in [-0.3, -0.25) is 4.79 Å². The Morgan fingerprint density at radius 1 is 1.71 bits per heavy atom. The molecule has 1 fully saturated rings. The summed E-state index contributed by atoms with van der Waals surface area (Å²) in [6.45, 7) is 6.46. The molecule has 2 N–H and O–H groups in total. The molecule has 1 amide bonds. The van der Waals surface area contributed by atoms with Crippen LogP contribution in [0.1, 0.15) is 20.3 Å². The minimum absolute atomic E-state index is 0.0643. The zero-order valence-electron chi connectivity index (χ0n) is 9.03. The second-order valence-electron chi connectivity index (χ2n) is 3.82. The molecular formula is C10H20N2O2. The molecule has 0 bridgehead atoms. The molecule has 2 atom stereocenters. The van der Waals surface area contributed by atoms with Gasteiger partial charge in [-0.25, -0.2) is 0 Å². The molecule has 2 unspecified atom stereocenters. The lowest BCUT2D eigenvalue weighted by molar-refractivity contribution is -0.142. The van der Waals surface area contributed by atoms with Crippen molar-refractivity contribution in [2.24, 2.45) is 11.7 Å². The summed E-state index contributed by atoms with van der Waals surface area (Å²) in [6, 6.07) is 0. The van der Waals surface area contributed by atoms with Crippen molar-refractivity contribution in [3.63, 3.8) is 0 Å². The Kier molecular flexibility index (Phi) is 4.35. The molecule has 0 aromatic heterocycles. The number of hydrogen-bond donors (Lipinski definition) is 1. The molecule has 1 aliphatic heterocycles. The van der Waals surface area contributed by atoms with E-state index >= 15 is 0 Å². The molecule has 14 heavy (non-hydrogen) atoms. The number of morpholine rings is 1. The van der Waals surface area contributed by atoms with Crippen molar-refractivity contribution >= 4 is 5.91 Å². The molecule has 0 aliphatic carbocycles. The zero-order valence-corrected chi connectivity index (χ0v) is 9.03. The van der Waals surface area contributed by atoms with Gasteiger partial charge in [-0.2, -0.15) is 0 Å². The highest BCUT2D eigenvalue weighted by Crippen LogP contribution is 2.11. The molecule has 0 saturated carbocycles. The van der Waals surface area contributed by atoms with Crippen LogP contribution in [0.3, 0.4) is 0 Å². The van der Waals surface area contributed by atoms with Crippen LogP contribution in [-0.4, -0.2) is 43.2 Å². The van der Waals surface area contributed by atoms with Crippen molar-refractivity contribution in [2.75, 3.05) is 26.2 Å². The number of amides is 1. The highest BCUT2D eigenvalue weighted by molar-refractivity contribution is 5.78. The van der Waals surface area contributed by atoms with E-state index in [1.807, 2.05) is 11.8 Å². The van der Waals surface area contributed by atoms with E-state index in [1.165, 1.54) is 0 Å². The Labute approximate surface area is 85.4 Å². The molecule has 1 aliphatic rings. The van der Waals surface area contributed by atoms with E-state index in [9.17, 15) is 4.79 Å². The van der Waals surface area contributed by atoms with E-state index in [-0.39, 0.29) is 17.9 Å². The maximum Gasteiger partial charge on any atom is 0.226 e. The Bertz CT molecular complexity index is 197. The van der Waals surface area contributed by atoms with E-state index < -0.39 is 0 Å². The summed E-state index contributed by atoms with van der Waals surface area (Å²) in [5.41, 5.74) is 5.47. The number of hydrogen-bond acceptors (Lipinski definition) is 3. The fourth-order valence-electron chi connectivity index (χ4n) is 1.58. The molecular weight excluding hydrogens is 180 g/mol. The first-order valence-electron chi connectivity index (χ1n) is 5.29. The molecule has 1 rings (SSSR count). The Balaban J connectivity index is 2.47. The summed E-state index contributed by atoms with van der Waals surface area (Å²) >= 11 is 0. The van der Waals surface area contributed by atoms with Crippen molar-refractivity contribution in [1.82, 2.24) is 4.90 Å². The minimum Gasteiger partial charge on any atom is -0.375 e. The smallest absolute Gasteiger partial charge is 0.226 e. The van der Waals surface area contributed by atoms with E-state index in [0.29, 0.717) is 19.7 Å². The van der Waals surface area contributed by atoms with Gasteiger partial charge < -0.3 is 15.4 Å². The van der Waals surface area contributed by atoms with Crippen LogP contribution in [0.4, 0.5) is 0 Å². The van der Waals surface area contributed by atoms with Crippen LogP contribution in [-0.2, 0) is 9.53 Å². The Morgan fingerprint density at radius 3 is 3.00 bits per heavy atom. The molecule has 0 aromatic carbocycles. The SMILES string of the molecule is CCC1CN(C(=O)C(C)CN)CCO1. The number of ether oxygens (including phenoxy) is 1. The molecule has 1 saturated heterocycles. The Hall–Kier alpha value is -0.610. The molecule has 0 spiro atoms. The minimum atomic E-state index is -0.0643. The van der Waals surface area contributed by atoms with Gasteiger partial charge >= 0.3 is 0 Å². The summed E-state index contributed by atoms with van der Waals surface area (Å²) in [4.78, 5) is 13.7. The standard InChI is InChI=1S/C10H20N2O2/c1-3-9-7-12(4-5-14-9)10(13)8(2)6-11/h8-9H,3-7,11H2,1-2H3. The second kappa shape index (κ2) is 5.32. The van der Waals surface area contributed by atoms with Crippen LogP contribution in [0.15, 0.2) is 0 Å². The lowest BCUT2D eigenvalue weighted by Crippen LogP contribution is -2.48. The molecule has 1 heterocycles. The maximum absolute atomic E-state index is 11.8. The first kappa shape index (κ1) is 11.5. The van der Waals surface area contributed by atoms with Crippen molar-refractivity contribution in [3.05, 3.63) is 0 Å². The predicted molar refractivity (Wildman–Crippen MR) is 54.8 cm³/mol. The number of nitrogens with two attached hydrogens (primary N) is 1. The largest absolute Gasteiger partial charge is 0.375 e. The first-order valence-corrected chi connectivity index (χ1v) is 5.29. The first-order chi connectivity index (χ1) is 6.69. The van der Waals surface area contributed by atoms with Gasteiger partial charge in [-0.1, -0.05) is 13.8 Å². The molecule has 82 valence electrons. The summed E-state index contributed by atoms with van der Waals surface area (Å²) in [7, 11) is 0. The number of carbonyl (C=O) groups excluding carboxylic acids is 1. The van der Waals surface area contributed by atoms with Gasteiger partial charge in [0, 0.05) is 25.6 Å². The van der Waals surface area contributed by atoms with Crippen LogP contribution >= 0.6 is 0 Å². The van der Waals surface area contributed by atoms with E-state index in [1.54, 1.807) is 0 Å². The van der Waals surface area contributed by atoms with Crippen molar-refractivity contribution in [1.29, 1.82) is 0 Å². The number of nitrogens with zero attached hydrogens (tertiary/aromatic N) is 1. The summed E-state index contributed by atoms with van der Waals surface area (Å²) < 4.78 is 5.50. The lowest BCUT2D eigenvalue weighted by Gasteiger charge is -2.33. The quantitative estimate of drug-likeness (QED) is 0.709. The maximum atomic E-state index is 11.8. The van der Waals surface area contributed by atoms with E-state index in [0.717, 1.165) is 13.0 Å². The number of carbonyl (C=O) groups is 1. The number of rotatable bonds is 3. The van der Waals surface area contributed by atoms with Crippen molar-refractivity contribution in [3.8, 4) is 0 Å². The monoisotopic (exact) mass is 200 g/mol. The fraction of sp³-hybridized carbons (Fsp3) is 0.900. The molecule has 4 nitrogen and oxygen atoms in total. The second-order valence-corrected chi connectivity index (χ2v) is 3.82. The molecule has 4 heteroatoms.